The van der Waals surface area contributed by atoms with E-state index < -0.39 is 6.10 Å². The van der Waals surface area contributed by atoms with E-state index in [4.69, 9.17) is 9.47 Å². The maximum atomic E-state index is 12.3. The van der Waals surface area contributed by atoms with Gasteiger partial charge in [-0.3, -0.25) is 4.79 Å². The molecule has 1 amide bonds. The zero-order valence-electron chi connectivity index (χ0n) is 14.6. The number of benzene rings is 2. The zero-order valence-corrected chi connectivity index (χ0v) is 14.6. The Kier molecular flexibility index (Phi) is 4.08. The quantitative estimate of drug-likeness (QED) is 0.584. The Labute approximate surface area is 151 Å². The van der Waals surface area contributed by atoms with Crippen LogP contribution in [0.3, 0.4) is 0 Å². The predicted molar refractivity (Wildman–Crippen MR) is 99.7 cm³/mol. The van der Waals surface area contributed by atoms with Crippen LogP contribution in [0.4, 0.5) is 0 Å². The number of carbonyl (C=O) groups is 1. The van der Waals surface area contributed by atoms with Gasteiger partial charge < -0.3 is 14.0 Å². The van der Waals surface area contributed by atoms with Crippen LogP contribution >= 0.6 is 0 Å². The summed E-state index contributed by atoms with van der Waals surface area (Å²) in [5.41, 5.74) is 5.73. The molecule has 1 atom stereocenters. The van der Waals surface area contributed by atoms with Crippen LogP contribution < -0.4 is 14.9 Å². The Morgan fingerprint density at radius 2 is 1.92 bits per heavy atom. The second kappa shape index (κ2) is 6.55. The fourth-order valence-electron chi connectivity index (χ4n) is 3.09. The van der Waals surface area contributed by atoms with E-state index in [2.05, 4.69) is 21.2 Å². The third kappa shape index (κ3) is 2.79. The van der Waals surface area contributed by atoms with Crippen LogP contribution in [-0.2, 0) is 11.8 Å². The first-order chi connectivity index (χ1) is 12.6. The summed E-state index contributed by atoms with van der Waals surface area (Å²) >= 11 is 0. The number of amides is 1. The lowest BCUT2D eigenvalue weighted by Crippen LogP contribution is -2.42. The summed E-state index contributed by atoms with van der Waals surface area (Å²) in [6.07, 6.45) is 0.948. The summed E-state index contributed by atoms with van der Waals surface area (Å²) < 4.78 is 13.3. The molecule has 6 heteroatoms. The van der Waals surface area contributed by atoms with E-state index in [1.54, 1.807) is 12.3 Å². The molecule has 1 aliphatic rings. The molecule has 0 radical (unpaired) electrons. The standard InChI is InChI=1S/C20H19N3O3/c1-13-15(14-7-3-4-8-16(14)23(13)2)11-21-22-20(24)19-12-25-17-9-5-6-10-18(17)26-19/h3-11,19H,12H2,1-2H3,(H,22,24)/b21-11-/t19-/m1/s1. The van der Waals surface area contributed by atoms with Gasteiger partial charge in [0.05, 0.1) is 6.21 Å². The average molecular weight is 349 g/mol. The van der Waals surface area contributed by atoms with E-state index >= 15 is 0 Å². The van der Waals surface area contributed by atoms with Gasteiger partial charge >= 0.3 is 0 Å². The van der Waals surface area contributed by atoms with Gasteiger partial charge in [-0.1, -0.05) is 30.3 Å². The first-order valence-electron chi connectivity index (χ1n) is 8.40. The number of fused-ring (bicyclic) bond motifs is 2. The molecule has 0 saturated heterocycles. The lowest BCUT2D eigenvalue weighted by atomic mass is 10.1. The molecule has 2 heterocycles. The highest BCUT2D eigenvalue weighted by Crippen LogP contribution is 2.30. The van der Waals surface area contributed by atoms with Gasteiger partial charge in [0.25, 0.3) is 5.91 Å². The van der Waals surface area contributed by atoms with Gasteiger partial charge in [0, 0.05) is 29.2 Å². The van der Waals surface area contributed by atoms with Crippen molar-refractivity contribution in [3.63, 3.8) is 0 Å². The van der Waals surface area contributed by atoms with E-state index in [1.807, 2.05) is 50.4 Å². The molecule has 132 valence electrons. The lowest BCUT2D eigenvalue weighted by Gasteiger charge is -2.24. The van der Waals surface area contributed by atoms with Gasteiger partial charge in [0.1, 0.15) is 6.61 Å². The molecule has 1 N–H and O–H groups in total. The molecule has 1 aromatic heterocycles. The van der Waals surface area contributed by atoms with Crippen molar-refractivity contribution in [1.29, 1.82) is 0 Å². The number of carbonyl (C=O) groups excluding carboxylic acids is 1. The molecule has 3 aromatic rings. The molecule has 6 nitrogen and oxygen atoms in total. The first-order valence-corrected chi connectivity index (χ1v) is 8.40. The second-order valence-electron chi connectivity index (χ2n) is 6.17. The highest BCUT2D eigenvalue weighted by Gasteiger charge is 2.27. The van der Waals surface area contributed by atoms with Crippen LogP contribution in [0, 0.1) is 6.92 Å². The van der Waals surface area contributed by atoms with Crippen LogP contribution in [-0.4, -0.2) is 29.4 Å². The third-order valence-electron chi connectivity index (χ3n) is 4.62. The van der Waals surface area contributed by atoms with Crippen LogP contribution in [0.25, 0.3) is 10.9 Å². The van der Waals surface area contributed by atoms with E-state index in [-0.39, 0.29) is 12.5 Å². The molecule has 0 spiro atoms. The molecule has 0 saturated carbocycles. The van der Waals surface area contributed by atoms with Gasteiger partial charge in [-0.2, -0.15) is 5.10 Å². The number of hydrogen-bond acceptors (Lipinski definition) is 4. The highest BCUT2D eigenvalue weighted by molar-refractivity contribution is 6.01. The fraction of sp³-hybridized carbons (Fsp3) is 0.200. The minimum Gasteiger partial charge on any atom is -0.485 e. The van der Waals surface area contributed by atoms with Gasteiger partial charge in [0.15, 0.2) is 11.5 Å². The summed E-state index contributed by atoms with van der Waals surface area (Å²) in [6, 6.07) is 15.4. The topological polar surface area (TPSA) is 64.8 Å². The van der Waals surface area contributed by atoms with Crippen LogP contribution in [0.2, 0.25) is 0 Å². The summed E-state index contributed by atoms with van der Waals surface area (Å²) in [5.74, 6) is 0.868. The van der Waals surface area contributed by atoms with Gasteiger partial charge in [-0.15, -0.1) is 0 Å². The van der Waals surface area contributed by atoms with E-state index in [0.717, 1.165) is 22.2 Å². The molecule has 0 bridgehead atoms. The largest absolute Gasteiger partial charge is 0.485 e. The Morgan fingerprint density at radius 1 is 1.19 bits per heavy atom. The monoisotopic (exact) mass is 349 g/mol. The summed E-state index contributed by atoms with van der Waals surface area (Å²) in [4.78, 5) is 12.3. The van der Waals surface area contributed by atoms with Crippen LogP contribution in [0.15, 0.2) is 53.6 Å². The van der Waals surface area contributed by atoms with Crippen molar-refractivity contribution in [2.24, 2.45) is 12.1 Å². The van der Waals surface area contributed by atoms with E-state index in [1.165, 1.54) is 0 Å². The molecule has 0 fully saturated rings. The zero-order chi connectivity index (χ0) is 18.1. The first kappa shape index (κ1) is 16.2. The molecular formula is C20H19N3O3. The van der Waals surface area contributed by atoms with Crippen molar-refractivity contribution in [2.45, 2.75) is 13.0 Å². The smallest absolute Gasteiger partial charge is 0.284 e. The Bertz CT molecular complexity index is 1010. The SMILES string of the molecule is Cc1c(/C=N\NC(=O)[C@H]2COc3ccccc3O2)c2ccccc2n1C. The van der Waals surface area contributed by atoms with E-state index in [0.29, 0.717) is 11.5 Å². The molecule has 4 rings (SSSR count). The Morgan fingerprint density at radius 3 is 2.77 bits per heavy atom. The molecule has 0 unspecified atom stereocenters. The summed E-state index contributed by atoms with van der Waals surface area (Å²) in [5, 5.41) is 5.22. The maximum absolute atomic E-state index is 12.3. The van der Waals surface area contributed by atoms with E-state index in [9.17, 15) is 4.79 Å². The number of aromatic nitrogens is 1. The minimum atomic E-state index is -0.726. The molecular weight excluding hydrogens is 330 g/mol. The Balaban J connectivity index is 1.48. The number of aryl methyl sites for hydroxylation is 1. The number of hydrazone groups is 1. The number of rotatable bonds is 3. The number of para-hydroxylation sites is 3. The van der Waals surface area contributed by atoms with Gasteiger partial charge in [-0.05, 0) is 25.1 Å². The van der Waals surface area contributed by atoms with Crippen molar-refractivity contribution in [3.8, 4) is 11.5 Å². The van der Waals surface area contributed by atoms with Gasteiger partial charge in [-0.25, -0.2) is 5.43 Å². The minimum absolute atomic E-state index is 0.158. The molecule has 1 aliphatic heterocycles. The second-order valence-corrected chi connectivity index (χ2v) is 6.17. The highest BCUT2D eigenvalue weighted by atomic mass is 16.6. The molecule has 0 aliphatic carbocycles. The van der Waals surface area contributed by atoms with Crippen molar-refractivity contribution in [2.75, 3.05) is 6.61 Å². The lowest BCUT2D eigenvalue weighted by molar-refractivity contribution is -0.130. The average Bonchev–Trinajstić information content (AvgIpc) is 2.92. The number of hydrogen-bond donors (Lipinski definition) is 1. The van der Waals surface area contributed by atoms with Crippen molar-refractivity contribution < 1.29 is 14.3 Å². The summed E-state index contributed by atoms with van der Waals surface area (Å²) in [6.45, 7) is 2.18. The maximum Gasteiger partial charge on any atom is 0.284 e. The fourth-order valence-corrected chi connectivity index (χ4v) is 3.09. The number of nitrogens with one attached hydrogen (secondary N) is 1. The normalized spacial score (nSPS) is 16.2. The van der Waals surface area contributed by atoms with Crippen molar-refractivity contribution in [3.05, 3.63) is 59.8 Å². The van der Waals surface area contributed by atoms with Crippen LogP contribution in [0.1, 0.15) is 11.3 Å². The number of nitrogens with zero attached hydrogens (tertiary/aromatic N) is 2. The third-order valence-corrected chi connectivity index (χ3v) is 4.62. The summed E-state index contributed by atoms with van der Waals surface area (Å²) in [7, 11) is 2.01. The van der Waals surface area contributed by atoms with Crippen molar-refractivity contribution >= 4 is 23.0 Å². The van der Waals surface area contributed by atoms with Crippen LogP contribution in [0.5, 0.6) is 11.5 Å². The van der Waals surface area contributed by atoms with Gasteiger partial charge in [0.2, 0.25) is 6.10 Å². The predicted octanol–water partition coefficient (Wildman–Crippen LogP) is 2.78. The Hall–Kier alpha value is -3.28. The molecule has 26 heavy (non-hydrogen) atoms. The number of ether oxygens (including phenoxy) is 2. The van der Waals surface area contributed by atoms with Crippen molar-refractivity contribution in [1.82, 2.24) is 9.99 Å². The molecule has 2 aromatic carbocycles.